The fourth-order valence-corrected chi connectivity index (χ4v) is 2.13. The highest BCUT2D eigenvalue weighted by molar-refractivity contribution is 4.72. The van der Waals surface area contributed by atoms with E-state index in [2.05, 4.69) is 31.0 Å². The van der Waals surface area contributed by atoms with E-state index in [1.54, 1.807) is 0 Å². The first-order chi connectivity index (χ1) is 8.78. The predicted octanol–water partition coefficient (Wildman–Crippen LogP) is 2.64. The quantitative estimate of drug-likeness (QED) is 0.533. The van der Waals surface area contributed by atoms with Gasteiger partial charge in [-0.05, 0) is 45.3 Å². The summed E-state index contributed by atoms with van der Waals surface area (Å²) in [6.07, 6.45) is 7.11. The van der Waals surface area contributed by atoms with Crippen LogP contribution in [0.25, 0.3) is 0 Å². The van der Waals surface area contributed by atoms with Crippen LogP contribution in [0.4, 0.5) is 0 Å². The fraction of sp³-hybridized carbons (Fsp3) is 1.00. The van der Waals surface area contributed by atoms with Crippen LogP contribution in [0.15, 0.2) is 0 Å². The van der Waals surface area contributed by atoms with E-state index in [1.807, 2.05) is 0 Å². The molecule has 0 saturated carbocycles. The lowest BCUT2D eigenvalue weighted by Gasteiger charge is -2.28. The zero-order valence-corrected chi connectivity index (χ0v) is 12.7. The summed E-state index contributed by atoms with van der Waals surface area (Å²) < 4.78 is 0. The van der Waals surface area contributed by atoms with Crippen LogP contribution >= 0.6 is 0 Å². The Labute approximate surface area is 114 Å². The van der Waals surface area contributed by atoms with Crippen LogP contribution in [0.3, 0.4) is 0 Å². The normalized spacial score (nSPS) is 13.2. The predicted molar refractivity (Wildman–Crippen MR) is 80.0 cm³/mol. The van der Waals surface area contributed by atoms with Crippen molar-refractivity contribution in [3.05, 3.63) is 0 Å². The first kappa shape index (κ1) is 17.9. The molecule has 0 spiro atoms. The standard InChI is InChI=1S/C15H34N2O/c1-4-7-11-17(12-8-5-2)14-15(9-13-18)16-10-6-3/h15-16,18H,4-14H2,1-3H3. The minimum Gasteiger partial charge on any atom is -0.396 e. The van der Waals surface area contributed by atoms with Crippen LogP contribution in [-0.4, -0.2) is 48.8 Å². The molecular formula is C15H34N2O. The summed E-state index contributed by atoms with van der Waals surface area (Å²) in [6, 6.07) is 0.448. The van der Waals surface area contributed by atoms with E-state index in [1.165, 1.54) is 38.8 Å². The Balaban J connectivity index is 4.09. The van der Waals surface area contributed by atoms with Gasteiger partial charge in [0.25, 0.3) is 0 Å². The SMILES string of the molecule is CCCCN(CCCC)CC(CCO)NCCC. The molecule has 0 radical (unpaired) electrons. The van der Waals surface area contributed by atoms with Crippen molar-refractivity contribution < 1.29 is 5.11 Å². The molecule has 110 valence electrons. The Morgan fingerprint density at radius 1 is 1.00 bits per heavy atom. The van der Waals surface area contributed by atoms with Crippen LogP contribution in [-0.2, 0) is 0 Å². The van der Waals surface area contributed by atoms with Crippen molar-refractivity contribution in [1.29, 1.82) is 0 Å². The molecule has 2 N–H and O–H groups in total. The van der Waals surface area contributed by atoms with E-state index >= 15 is 0 Å². The Hall–Kier alpha value is -0.120. The number of hydrogen-bond acceptors (Lipinski definition) is 3. The molecular weight excluding hydrogens is 224 g/mol. The smallest absolute Gasteiger partial charge is 0.0446 e. The van der Waals surface area contributed by atoms with E-state index < -0.39 is 0 Å². The van der Waals surface area contributed by atoms with Crippen molar-refractivity contribution in [2.45, 2.75) is 65.3 Å². The van der Waals surface area contributed by atoms with Gasteiger partial charge in [-0.15, -0.1) is 0 Å². The molecule has 3 heteroatoms. The summed E-state index contributed by atoms with van der Waals surface area (Å²) in [5, 5.41) is 12.7. The van der Waals surface area contributed by atoms with Gasteiger partial charge in [0.05, 0.1) is 0 Å². The second-order valence-corrected chi connectivity index (χ2v) is 5.17. The molecule has 0 heterocycles. The van der Waals surface area contributed by atoms with Gasteiger partial charge in [0.2, 0.25) is 0 Å². The molecule has 0 aliphatic heterocycles. The first-order valence-corrected chi connectivity index (χ1v) is 7.84. The van der Waals surface area contributed by atoms with Crippen molar-refractivity contribution in [1.82, 2.24) is 10.2 Å². The second kappa shape index (κ2) is 13.3. The summed E-state index contributed by atoms with van der Waals surface area (Å²) in [6.45, 7) is 11.5. The fourth-order valence-electron chi connectivity index (χ4n) is 2.13. The minimum absolute atomic E-state index is 0.288. The molecule has 0 saturated heterocycles. The molecule has 0 aromatic carbocycles. The Morgan fingerprint density at radius 3 is 2.06 bits per heavy atom. The van der Waals surface area contributed by atoms with E-state index in [0.717, 1.165) is 25.9 Å². The van der Waals surface area contributed by atoms with Gasteiger partial charge in [-0.2, -0.15) is 0 Å². The zero-order valence-electron chi connectivity index (χ0n) is 12.7. The largest absolute Gasteiger partial charge is 0.396 e. The van der Waals surface area contributed by atoms with Gasteiger partial charge in [-0.1, -0.05) is 33.6 Å². The molecule has 0 fully saturated rings. The number of hydrogen-bond donors (Lipinski definition) is 2. The molecule has 0 bridgehead atoms. The van der Waals surface area contributed by atoms with Crippen LogP contribution in [0.5, 0.6) is 0 Å². The average molecular weight is 258 g/mol. The Bertz CT molecular complexity index is 157. The third kappa shape index (κ3) is 9.86. The monoisotopic (exact) mass is 258 g/mol. The molecule has 0 aliphatic rings. The maximum absolute atomic E-state index is 9.14. The molecule has 3 nitrogen and oxygen atoms in total. The summed E-state index contributed by atoms with van der Waals surface area (Å²) in [5.41, 5.74) is 0. The van der Waals surface area contributed by atoms with E-state index in [4.69, 9.17) is 5.11 Å². The highest BCUT2D eigenvalue weighted by atomic mass is 16.3. The maximum atomic E-state index is 9.14. The number of unbranched alkanes of at least 4 members (excludes halogenated alkanes) is 2. The van der Waals surface area contributed by atoms with Crippen molar-refractivity contribution in [3.63, 3.8) is 0 Å². The van der Waals surface area contributed by atoms with Crippen molar-refractivity contribution >= 4 is 0 Å². The summed E-state index contributed by atoms with van der Waals surface area (Å²) in [4.78, 5) is 2.57. The van der Waals surface area contributed by atoms with Gasteiger partial charge in [0, 0.05) is 19.2 Å². The van der Waals surface area contributed by atoms with E-state index in [0.29, 0.717) is 6.04 Å². The molecule has 0 amide bonds. The van der Waals surface area contributed by atoms with E-state index in [-0.39, 0.29) is 6.61 Å². The number of nitrogens with zero attached hydrogens (tertiary/aromatic N) is 1. The lowest BCUT2D eigenvalue weighted by Crippen LogP contribution is -2.42. The second-order valence-electron chi connectivity index (χ2n) is 5.17. The van der Waals surface area contributed by atoms with Gasteiger partial charge in [0.15, 0.2) is 0 Å². The summed E-state index contributed by atoms with van der Waals surface area (Å²) in [5.74, 6) is 0. The average Bonchev–Trinajstić information content (AvgIpc) is 2.39. The Kier molecular flexibility index (Phi) is 13.2. The van der Waals surface area contributed by atoms with Crippen molar-refractivity contribution in [3.8, 4) is 0 Å². The number of rotatable bonds is 13. The number of nitrogens with one attached hydrogen (secondary N) is 1. The third-order valence-electron chi connectivity index (χ3n) is 3.29. The Morgan fingerprint density at radius 2 is 1.61 bits per heavy atom. The van der Waals surface area contributed by atoms with E-state index in [9.17, 15) is 0 Å². The third-order valence-corrected chi connectivity index (χ3v) is 3.29. The lowest BCUT2D eigenvalue weighted by molar-refractivity contribution is 0.203. The topological polar surface area (TPSA) is 35.5 Å². The molecule has 18 heavy (non-hydrogen) atoms. The van der Waals surface area contributed by atoms with Gasteiger partial charge in [-0.3, -0.25) is 0 Å². The van der Waals surface area contributed by atoms with Gasteiger partial charge < -0.3 is 15.3 Å². The number of aliphatic hydroxyl groups excluding tert-OH is 1. The first-order valence-electron chi connectivity index (χ1n) is 7.84. The van der Waals surface area contributed by atoms with Crippen LogP contribution < -0.4 is 5.32 Å². The highest BCUT2D eigenvalue weighted by Gasteiger charge is 2.12. The molecule has 0 rings (SSSR count). The molecule has 0 aromatic rings. The molecule has 0 aliphatic carbocycles. The van der Waals surface area contributed by atoms with Crippen LogP contribution in [0.1, 0.15) is 59.3 Å². The zero-order chi connectivity index (χ0) is 13.6. The number of aliphatic hydroxyl groups is 1. The molecule has 1 atom stereocenters. The molecule has 0 aromatic heterocycles. The highest BCUT2D eigenvalue weighted by Crippen LogP contribution is 2.03. The van der Waals surface area contributed by atoms with Crippen LogP contribution in [0, 0.1) is 0 Å². The molecule has 1 unspecified atom stereocenters. The maximum Gasteiger partial charge on any atom is 0.0446 e. The van der Waals surface area contributed by atoms with Crippen LogP contribution in [0.2, 0.25) is 0 Å². The summed E-state index contributed by atoms with van der Waals surface area (Å²) in [7, 11) is 0. The summed E-state index contributed by atoms with van der Waals surface area (Å²) >= 11 is 0. The lowest BCUT2D eigenvalue weighted by atomic mass is 10.1. The minimum atomic E-state index is 0.288. The van der Waals surface area contributed by atoms with Gasteiger partial charge in [0.1, 0.15) is 0 Å². The van der Waals surface area contributed by atoms with Gasteiger partial charge >= 0.3 is 0 Å². The van der Waals surface area contributed by atoms with Crippen molar-refractivity contribution in [2.75, 3.05) is 32.8 Å². The van der Waals surface area contributed by atoms with Gasteiger partial charge in [-0.25, -0.2) is 0 Å². The van der Waals surface area contributed by atoms with Crippen molar-refractivity contribution in [2.24, 2.45) is 0 Å².